The molecule has 4 aliphatic rings. The van der Waals surface area contributed by atoms with Gasteiger partial charge in [-0.1, -0.05) is 147 Å². The highest BCUT2D eigenvalue weighted by molar-refractivity contribution is 7.12. The summed E-state index contributed by atoms with van der Waals surface area (Å²) >= 11 is 7.81. The van der Waals surface area contributed by atoms with E-state index < -0.39 is 17.5 Å². The van der Waals surface area contributed by atoms with E-state index in [0.29, 0.717) is 91.6 Å². The van der Waals surface area contributed by atoms with Gasteiger partial charge in [0.25, 0.3) is 29.5 Å². The molecule has 11 aromatic heterocycles. The molecule has 27 nitrogen and oxygen atoms in total. The van der Waals surface area contributed by atoms with Crippen molar-refractivity contribution in [2.45, 2.75) is 253 Å². The van der Waals surface area contributed by atoms with Crippen molar-refractivity contribution < 1.29 is 42.2 Å². The first-order valence-electron chi connectivity index (χ1n) is 50.3. The first kappa shape index (κ1) is 102. The van der Waals surface area contributed by atoms with Gasteiger partial charge in [-0.25, -0.2) is 58.6 Å². The number of fused-ring (bicyclic) bond motifs is 5. The van der Waals surface area contributed by atoms with Crippen LogP contribution in [-0.2, 0) is 45.8 Å². The number of pyridine rings is 5. The summed E-state index contributed by atoms with van der Waals surface area (Å²) in [6.07, 6.45) is 34.0. The number of unbranched alkanes of at least 4 members (excludes halogenated alkanes) is 4. The third-order valence-corrected chi connectivity index (χ3v) is 27.9. The Morgan fingerprint density at radius 1 is 0.404 bits per heavy atom. The summed E-state index contributed by atoms with van der Waals surface area (Å²) in [5.41, 5.74) is 11.5. The van der Waals surface area contributed by atoms with E-state index in [4.69, 9.17) is 46.0 Å². The fraction of sp³-hybridized carbons (Fsp3) is 0.427. The minimum atomic E-state index is -0.840. The topological polar surface area (TPSA) is 274 Å². The van der Waals surface area contributed by atoms with Gasteiger partial charge in [-0.3, -0.25) is 24.0 Å². The summed E-state index contributed by atoms with van der Waals surface area (Å²) in [7, 11) is 5.02. The van der Waals surface area contributed by atoms with E-state index in [9.17, 15) is 32.8 Å². The van der Waals surface area contributed by atoms with Crippen molar-refractivity contribution in [2.24, 2.45) is 5.92 Å². The lowest BCUT2D eigenvalue weighted by atomic mass is 10.1. The van der Waals surface area contributed by atoms with E-state index >= 15 is 0 Å². The van der Waals surface area contributed by atoms with Gasteiger partial charge < -0.3 is 56.8 Å². The lowest BCUT2D eigenvalue weighted by Crippen LogP contribution is -2.33. The third kappa shape index (κ3) is 25.2. The number of amides is 5. The average Bonchev–Trinajstić information content (AvgIpc) is 1.65. The Morgan fingerprint density at radius 2 is 0.816 bits per heavy atom. The molecular weight excluding hydrogens is 1820 g/mol. The van der Waals surface area contributed by atoms with E-state index in [0.717, 1.165) is 248 Å². The first-order valence-corrected chi connectivity index (χ1v) is 51.5. The molecule has 15 aromatic rings. The number of ether oxygens (including phenoxy) is 2. The third-order valence-electron chi connectivity index (χ3n) is 26.7. The molecule has 0 spiro atoms. The Bertz CT molecular complexity index is 6710. The van der Waals surface area contributed by atoms with E-state index in [1.54, 1.807) is 72.9 Å². The summed E-state index contributed by atoms with van der Waals surface area (Å²) < 4.78 is 49.5. The lowest BCUT2D eigenvalue weighted by molar-refractivity contribution is 0.0722. The molecule has 4 saturated carbocycles. The molecule has 11 heterocycles. The number of hydrogen-bond acceptors (Lipinski definition) is 18. The Morgan fingerprint density at radius 3 is 1.24 bits per heavy atom. The van der Waals surface area contributed by atoms with Crippen molar-refractivity contribution in [2.75, 3.05) is 47.4 Å². The number of carbonyl (C=O) groups excluding carboxylic acids is 5. The number of aryl methyl sites for hydroxylation is 2. The van der Waals surface area contributed by atoms with Gasteiger partial charge in [0.1, 0.15) is 79.8 Å². The molecule has 0 unspecified atom stereocenters. The molecule has 4 aliphatic carbocycles. The highest BCUT2D eigenvalue weighted by Crippen LogP contribution is 2.39. The molecular formula is C110H131ClF2N20O7S. The van der Waals surface area contributed by atoms with Gasteiger partial charge in [0, 0.05) is 107 Å². The lowest BCUT2D eigenvalue weighted by Gasteiger charge is -2.25. The summed E-state index contributed by atoms with van der Waals surface area (Å²) in [5, 5.41) is 2.44. The number of rotatable bonds is 36. The number of halogens is 3. The van der Waals surface area contributed by atoms with Crippen LogP contribution in [0.1, 0.15) is 286 Å². The SMILES string of the molecule is CCCCN(Cc1nc2cccnc2n1C1CCCC1)C(=O)c1cc(OC)ccc1OC.CCCCN(Cc1nc2cccnc2n1C1CCCC1)C(=O)c1ccc(F)cc1F.CCCCN(Cc1nc2cccnc2n1C1CCCC1)C(=O)c1ccccc1Cl.CCCCN(Cc1nc2cccnc2n1CCC)C(=O)c1cccs1.Cc1ccccc1C(=O)N(C)Cc1nc2cccnc2n1CC1CC1. The smallest absolute Gasteiger partial charge is 0.264 e. The maximum absolute atomic E-state index is 14.3. The predicted octanol–water partition coefficient (Wildman–Crippen LogP) is 23.7. The zero-order valence-corrected chi connectivity index (χ0v) is 84.2. The number of thiophene rings is 1. The van der Waals surface area contributed by atoms with Gasteiger partial charge >= 0.3 is 0 Å². The molecule has 31 heteroatoms. The number of carbonyl (C=O) groups is 5. The van der Waals surface area contributed by atoms with Crippen LogP contribution < -0.4 is 9.47 Å². The van der Waals surface area contributed by atoms with Crippen molar-refractivity contribution in [1.82, 2.24) is 97.2 Å². The Balaban J connectivity index is 0.000000134. The molecule has 0 N–H and O–H groups in total. The van der Waals surface area contributed by atoms with Crippen molar-refractivity contribution in [1.29, 1.82) is 0 Å². The highest BCUT2D eigenvalue weighted by Gasteiger charge is 2.34. The molecule has 4 aromatic carbocycles. The van der Waals surface area contributed by atoms with E-state index in [1.807, 2.05) is 163 Å². The van der Waals surface area contributed by atoms with Crippen LogP contribution in [0.25, 0.3) is 55.8 Å². The quantitative estimate of drug-likeness (QED) is 0.0353. The van der Waals surface area contributed by atoms with Crippen LogP contribution in [0.5, 0.6) is 11.5 Å². The maximum atomic E-state index is 14.3. The van der Waals surface area contributed by atoms with Gasteiger partial charge in [0.05, 0.1) is 73.5 Å². The Hall–Kier alpha value is -13.2. The van der Waals surface area contributed by atoms with E-state index in [-0.39, 0.29) is 35.7 Å². The largest absolute Gasteiger partial charge is 0.497 e. The molecule has 0 aliphatic heterocycles. The van der Waals surface area contributed by atoms with Crippen LogP contribution in [0.3, 0.4) is 0 Å². The monoisotopic (exact) mass is 1950 g/mol. The van der Waals surface area contributed by atoms with Gasteiger partial charge in [0.15, 0.2) is 28.2 Å². The zero-order chi connectivity index (χ0) is 98.8. The second kappa shape index (κ2) is 49.8. The molecule has 0 bridgehead atoms. The van der Waals surface area contributed by atoms with Gasteiger partial charge in [-0.05, 0) is 223 Å². The van der Waals surface area contributed by atoms with Crippen molar-refractivity contribution >= 4 is 108 Å². The van der Waals surface area contributed by atoms with Crippen LogP contribution in [0.4, 0.5) is 8.78 Å². The predicted molar refractivity (Wildman–Crippen MR) is 550 cm³/mol. The number of imidazole rings is 5. The summed E-state index contributed by atoms with van der Waals surface area (Å²) in [6.45, 7) is 19.1. The van der Waals surface area contributed by atoms with Gasteiger partial charge in [-0.15, -0.1) is 11.3 Å². The highest BCUT2D eigenvalue weighted by atomic mass is 35.5. The second-order valence-electron chi connectivity index (χ2n) is 36.9. The van der Waals surface area contributed by atoms with Crippen molar-refractivity contribution in [3.05, 3.63) is 273 Å². The normalized spacial score (nSPS) is 13.7. The zero-order valence-electron chi connectivity index (χ0n) is 82.7. The van der Waals surface area contributed by atoms with Crippen LogP contribution >= 0.6 is 22.9 Å². The fourth-order valence-corrected chi connectivity index (χ4v) is 20.0. The fourth-order valence-electron chi connectivity index (χ4n) is 19.1. The molecule has 740 valence electrons. The summed E-state index contributed by atoms with van der Waals surface area (Å²) in [4.78, 5) is 122. The van der Waals surface area contributed by atoms with Crippen LogP contribution in [0.2, 0.25) is 5.02 Å². The number of benzene rings is 4. The number of hydrogen-bond donors (Lipinski definition) is 0. The molecule has 0 radical (unpaired) electrons. The molecule has 0 saturated heterocycles. The van der Waals surface area contributed by atoms with Gasteiger partial charge in [0.2, 0.25) is 0 Å². The van der Waals surface area contributed by atoms with E-state index in [1.165, 1.54) is 55.9 Å². The standard InChI is InChI=1S/C25H32N4O3.C23H27ClN4O.C23H26F2N4O.C20H22N4O.C19H24N4OS/c1-4-5-15-28(25(30)20-16-19(31-2)12-13-22(20)32-3)17-23-27-21-11-8-14-26-24(21)29(23)18-9-6-7-10-18;1-2-3-15-27(23(29)18-11-6-7-12-19(18)24)16-21-26-20-13-8-14-25-22(20)28(21)17-9-4-5-10-17;1-2-3-13-28(23(30)18-11-10-16(24)14-19(18)25)15-21-27-20-9-6-12-26-22(20)29(21)17-7-4-5-8-17;1-14-6-3-4-7-16(14)20(25)23(2)13-18-22-17-8-5-11-21-19(17)24(18)12-15-9-10-15;1-3-5-12-22(19(24)16-9-7-13-25-16)14-17-21-15-8-6-10-20-18(15)23(17)11-4-2/h8,11-14,16,18H,4-7,9-10,15,17H2,1-3H3;6-8,11-14,17H,2-5,9-10,15-16H2,1H3;6,9-12,14,17H,2-5,7-8,13,15H2,1H3;3-8,11,15H,9-10,12-13H2,1-2H3;6-10,13H,3-5,11-12,14H2,1-2H3. The van der Waals surface area contributed by atoms with Crippen LogP contribution in [0, 0.1) is 24.5 Å². The molecule has 19 rings (SSSR count). The molecule has 141 heavy (non-hydrogen) atoms. The molecule has 5 amide bonds. The van der Waals surface area contributed by atoms with E-state index in [2.05, 4.69) is 75.5 Å². The second-order valence-corrected chi connectivity index (χ2v) is 38.3. The molecule has 0 atom stereocenters. The van der Waals surface area contributed by atoms with Crippen LogP contribution in [0.15, 0.2) is 194 Å². The summed E-state index contributed by atoms with van der Waals surface area (Å²) in [6, 6.07) is 47.7. The maximum Gasteiger partial charge on any atom is 0.264 e. The first-order chi connectivity index (χ1) is 68.8. The Labute approximate surface area is 833 Å². The molecule has 4 fully saturated rings. The Kier molecular flexibility index (Phi) is 36.1. The summed E-state index contributed by atoms with van der Waals surface area (Å²) in [5.74, 6) is 4.32. The minimum absolute atomic E-state index is 0.0242. The number of aromatic nitrogens is 15. The van der Waals surface area contributed by atoms with Crippen molar-refractivity contribution in [3.8, 4) is 11.5 Å². The van der Waals surface area contributed by atoms with Crippen LogP contribution in [-0.4, -0.2) is 174 Å². The van der Waals surface area contributed by atoms with Gasteiger partial charge in [-0.2, -0.15) is 0 Å². The van der Waals surface area contributed by atoms with Crippen molar-refractivity contribution in [3.63, 3.8) is 0 Å². The number of nitrogens with zero attached hydrogens (tertiary/aromatic N) is 20. The average molecular weight is 1950 g/mol. The minimum Gasteiger partial charge on any atom is -0.497 e. The number of methoxy groups -OCH3 is 2.